The van der Waals surface area contributed by atoms with Crippen LogP contribution in [0.5, 0.6) is 0 Å². The Kier molecular flexibility index (Phi) is 4.24. The summed E-state index contributed by atoms with van der Waals surface area (Å²) >= 11 is 0. The van der Waals surface area contributed by atoms with Crippen LogP contribution < -0.4 is 11.3 Å². The van der Waals surface area contributed by atoms with E-state index in [2.05, 4.69) is 10.4 Å². The van der Waals surface area contributed by atoms with Gasteiger partial charge in [-0.25, -0.2) is 10.8 Å². The Labute approximate surface area is 93.6 Å². The van der Waals surface area contributed by atoms with Crippen LogP contribution in [0.2, 0.25) is 0 Å². The van der Waals surface area contributed by atoms with E-state index in [4.69, 9.17) is 11.1 Å². The molecule has 0 spiro atoms. The van der Waals surface area contributed by atoms with Gasteiger partial charge in [0.05, 0.1) is 18.1 Å². The fourth-order valence-corrected chi connectivity index (χ4v) is 1.15. The molecule has 0 aromatic carbocycles. The SMILES string of the molecule is CN(CCC#N)C(=O)c1ccc(NN)nc1. The summed E-state index contributed by atoms with van der Waals surface area (Å²) in [6.07, 6.45) is 1.76. The van der Waals surface area contributed by atoms with Crippen LogP contribution in [0.4, 0.5) is 5.82 Å². The van der Waals surface area contributed by atoms with Crippen molar-refractivity contribution in [1.29, 1.82) is 5.26 Å². The number of nitrogens with two attached hydrogens (primary N) is 1. The van der Waals surface area contributed by atoms with E-state index < -0.39 is 0 Å². The van der Waals surface area contributed by atoms with Crippen LogP contribution >= 0.6 is 0 Å². The van der Waals surface area contributed by atoms with Crippen molar-refractivity contribution in [3.05, 3.63) is 23.9 Å². The minimum Gasteiger partial charge on any atom is -0.341 e. The Morgan fingerprint density at radius 1 is 1.69 bits per heavy atom. The second-order valence-corrected chi connectivity index (χ2v) is 3.21. The minimum atomic E-state index is -0.161. The minimum absolute atomic E-state index is 0.161. The van der Waals surface area contributed by atoms with Crippen molar-refractivity contribution < 1.29 is 4.79 Å². The first-order valence-corrected chi connectivity index (χ1v) is 4.74. The van der Waals surface area contributed by atoms with Gasteiger partial charge in [-0.1, -0.05) is 0 Å². The maximum absolute atomic E-state index is 11.8. The number of carbonyl (C=O) groups is 1. The average Bonchev–Trinajstić information content (AvgIpc) is 2.35. The van der Waals surface area contributed by atoms with Crippen molar-refractivity contribution in [3.8, 4) is 6.07 Å². The van der Waals surface area contributed by atoms with E-state index in [1.807, 2.05) is 6.07 Å². The zero-order valence-electron chi connectivity index (χ0n) is 8.97. The predicted octanol–water partition coefficient (Wildman–Crippen LogP) is 0.353. The second-order valence-electron chi connectivity index (χ2n) is 3.21. The molecule has 0 radical (unpaired) electrons. The molecule has 16 heavy (non-hydrogen) atoms. The molecule has 0 aliphatic carbocycles. The number of pyridine rings is 1. The van der Waals surface area contributed by atoms with Crippen LogP contribution in [0.1, 0.15) is 16.8 Å². The predicted molar refractivity (Wildman–Crippen MR) is 59.2 cm³/mol. The summed E-state index contributed by atoms with van der Waals surface area (Å²) in [6.45, 7) is 0.409. The number of aromatic nitrogens is 1. The molecule has 1 amide bonds. The number of hydrazine groups is 1. The zero-order chi connectivity index (χ0) is 12.0. The number of hydrogen-bond donors (Lipinski definition) is 2. The van der Waals surface area contributed by atoms with E-state index in [1.54, 1.807) is 19.2 Å². The summed E-state index contributed by atoms with van der Waals surface area (Å²) in [5.74, 6) is 5.49. The Hall–Kier alpha value is -2.13. The lowest BCUT2D eigenvalue weighted by Crippen LogP contribution is -2.27. The molecule has 0 fully saturated rings. The van der Waals surface area contributed by atoms with Gasteiger partial charge in [-0.15, -0.1) is 0 Å². The molecule has 0 atom stereocenters. The topological polar surface area (TPSA) is 95.0 Å². The summed E-state index contributed by atoms with van der Waals surface area (Å²) in [5.41, 5.74) is 2.85. The summed E-state index contributed by atoms with van der Waals surface area (Å²) in [6, 6.07) is 5.24. The third-order valence-corrected chi connectivity index (χ3v) is 2.06. The Morgan fingerprint density at radius 3 is 2.94 bits per heavy atom. The molecule has 1 aromatic heterocycles. The number of amides is 1. The van der Waals surface area contributed by atoms with Gasteiger partial charge in [0, 0.05) is 19.8 Å². The summed E-state index contributed by atoms with van der Waals surface area (Å²) in [7, 11) is 1.65. The highest BCUT2D eigenvalue weighted by molar-refractivity contribution is 5.93. The molecule has 0 aliphatic rings. The first-order valence-electron chi connectivity index (χ1n) is 4.74. The molecular weight excluding hydrogens is 206 g/mol. The summed E-state index contributed by atoms with van der Waals surface area (Å²) in [4.78, 5) is 17.2. The molecule has 6 heteroatoms. The third-order valence-electron chi connectivity index (χ3n) is 2.06. The molecule has 0 saturated heterocycles. The lowest BCUT2D eigenvalue weighted by atomic mass is 10.2. The van der Waals surface area contributed by atoms with Crippen LogP contribution in [0.3, 0.4) is 0 Å². The monoisotopic (exact) mass is 219 g/mol. The lowest BCUT2D eigenvalue weighted by Gasteiger charge is -2.15. The van der Waals surface area contributed by atoms with Gasteiger partial charge in [-0.05, 0) is 12.1 Å². The van der Waals surface area contributed by atoms with Gasteiger partial charge in [0.1, 0.15) is 5.82 Å². The van der Waals surface area contributed by atoms with Crippen molar-refractivity contribution >= 4 is 11.7 Å². The smallest absolute Gasteiger partial charge is 0.255 e. The van der Waals surface area contributed by atoms with Gasteiger partial charge in [0.2, 0.25) is 0 Å². The van der Waals surface area contributed by atoms with Crippen LogP contribution in [0, 0.1) is 11.3 Å². The molecule has 0 unspecified atom stereocenters. The van der Waals surface area contributed by atoms with E-state index in [-0.39, 0.29) is 5.91 Å². The largest absolute Gasteiger partial charge is 0.341 e. The van der Waals surface area contributed by atoms with E-state index >= 15 is 0 Å². The highest BCUT2D eigenvalue weighted by Crippen LogP contribution is 2.06. The Bertz CT molecular complexity index is 395. The molecular formula is C10H13N5O. The number of nitrogens with one attached hydrogen (secondary N) is 1. The van der Waals surface area contributed by atoms with Crippen molar-refractivity contribution in [1.82, 2.24) is 9.88 Å². The van der Waals surface area contributed by atoms with Gasteiger partial charge in [0.15, 0.2) is 0 Å². The number of rotatable bonds is 4. The molecule has 1 heterocycles. The molecule has 0 bridgehead atoms. The molecule has 6 nitrogen and oxygen atoms in total. The van der Waals surface area contributed by atoms with Crippen LogP contribution in [0.15, 0.2) is 18.3 Å². The third kappa shape index (κ3) is 2.93. The number of anilines is 1. The average molecular weight is 219 g/mol. The summed E-state index contributed by atoms with van der Waals surface area (Å²) < 4.78 is 0. The van der Waals surface area contributed by atoms with Gasteiger partial charge in [0.25, 0.3) is 5.91 Å². The van der Waals surface area contributed by atoms with Crippen LogP contribution in [-0.2, 0) is 0 Å². The highest BCUT2D eigenvalue weighted by Gasteiger charge is 2.11. The standard InChI is InChI=1S/C10H13N5O/c1-15(6-2-5-11)10(16)8-3-4-9(14-12)13-7-8/h3-4,7H,2,6,12H2,1H3,(H,13,14). The molecule has 1 aromatic rings. The van der Waals surface area contributed by atoms with E-state index in [1.165, 1.54) is 11.1 Å². The van der Waals surface area contributed by atoms with Gasteiger partial charge in [-0.2, -0.15) is 5.26 Å². The van der Waals surface area contributed by atoms with E-state index in [0.717, 1.165) is 0 Å². The van der Waals surface area contributed by atoms with Crippen molar-refractivity contribution in [2.75, 3.05) is 19.0 Å². The molecule has 1 rings (SSSR count). The first-order chi connectivity index (χ1) is 7.69. The van der Waals surface area contributed by atoms with Gasteiger partial charge < -0.3 is 10.3 Å². The second kappa shape index (κ2) is 5.68. The Balaban J connectivity index is 2.69. The maximum Gasteiger partial charge on any atom is 0.255 e. The quantitative estimate of drug-likeness (QED) is 0.563. The highest BCUT2D eigenvalue weighted by atomic mass is 16.2. The van der Waals surface area contributed by atoms with Gasteiger partial charge in [-0.3, -0.25) is 4.79 Å². The summed E-state index contributed by atoms with van der Waals surface area (Å²) in [5, 5.41) is 8.41. The Morgan fingerprint density at radius 2 is 2.44 bits per heavy atom. The number of nitrogens with zero attached hydrogens (tertiary/aromatic N) is 3. The van der Waals surface area contributed by atoms with Crippen LogP contribution in [0.25, 0.3) is 0 Å². The fraction of sp³-hybridized carbons (Fsp3) is 0.300. The van der Waals surface area contributed by atoms with E-state index in [9.17, 15) is 4.79 Å². The molecule has 0 aliphatic heterocycles. The normalized spacial score (nSPS) is 9.31. The first kappa shape index (κ1) is 11.9. The van der Waals surface area contributed by atoms with Crippen molar-refractivity contribution in [3.63, 3.8) is 0 Å². The van der Waals surface area contributed by atoms with Crippen LogP contribution in [-0.4, -0.2) is 29.4 Å². The number of carbonyl (C=O) groups excluding carboxylic acids is 1. The molecule has 3 N–H and O–H groups in total. The van der Waals surface area contributed by atoms with Crippen molar-refractivity contribution in [2.45, 2.75) is 6.42 Å². The fourth-order valence-electron chi connectivity index (χ4n) is 1.15. The van der Waals surface area contributed by atoms with E-state index in [0.29, 0.717) is 24.3 Å². The molecule has 0 saturated carbocycles. The lowest BCUT2D eigenvalue weighted by molar-refractivity contribution is 0.0797. The molecule has 84 valence electrons. The van der Waals surface area contributed by atoms with Crippen molar-refractivity contribution in [2.24, 2.45) is 5.84 Å². The number of nitrogen functional groups attached to an aromatic ring is 1. The number of nitriles is 1. The van der Waals surface area contributed by atoms with Gasteiger partial charge >= 0.3 is 0 Å². The maximum atomic E-state index is 11.8. The zero-order valence-corrected chi connectivity index (χ0v) is 8.97. The number of hydrogen-bond acceptors (Lipinski definition) is 5.